The van der Waals surface area contributed by atoms with Crippen molar-refractivity contribution in [2.45, 2.75) is 76.4 Å². The Kier molecular flexibility index (Phi) is 19.1. The minimum Gasteiger partial charge on any atom is -0.475 e. The molecule has 3 aromatic rings. The number of nitrogens with zero attached hydrogens (tertiary/aromatic N) is 6. The van der Waals surface area contributed by atoms with Crippen LogP contribution < -0.4 is 0 Å². The summed E-state index contributed by atoms with van der Waals surface area (Å²) in [5, 5.41) is 33.1. The van der Waals surface area contributed by atoms with Crippen molar-refractivity contribution in [3.05, 3.63) is 78.1 Å². The van der Waals surface area contributed by atoms with Crippen LogP contribution in [0.5, 0.6) is 0 Å². The van der Waals surface area contributed by atoms with Crippen molar-refractivity contribution in [1.29, 1.82) is 0 Å². The Morgan fingerprint density at radius 1 is 0.721 bits per heavy atom. The van der Waals surface area contributed by atoms with Crippen LogP contribution in [0.25, 0.3) is 0 Å². The molecule has 5 rings (SSSR count). The van der Waals surface area contributed by atoms with Gasteiger partial charge in [0.25, 0.3) is 0 Å². The number of carboxylic acids is 4. The zero-order chi connectivity index (χ0) is 47.1. The number of amides is 1. The van der Waals surface area contributed by atoms with Gasteiger partial charge in [0.15, 0.2) is 0 Å². The largest absolute Gasteiger partial charge is 0.490 e. The van der Waals surface area contributed by atoms with Gasteiger partial charge in [-0.15, -0.1) is 0 Å². The van der Waals surface area contributed by atoms with Crippen LogP contribution in [0.1, 0.15) is 55.6 Å². The van der Waals surface area contributed by atoms with Gasteiger partial charge in [-0.25, -0.2) is 19.2 Å². The number of halogens is 12. The van der Waals surface area contributed by atoms with Crippen molar-refractivity contribution in [2.75, 3.05) is 19.6 Å². The number of carboxylic acid groups (broad SMARTS) is 4. The zero-order valence-corrected chi connectivity index (χ0v) is 31.4. The van der Waals surface area contributed by atoms with Crippen LogP contribution in [0.3, 0.4) is 0 Å². The van der Waals surface area contributed by atoms with Crippen LogP contribution in [0.15, 0.2) is 61.2 Å². The van der Waals surface area contributed by atoms with Gasteiger partial charge in [-0.1, -0.05) is 6.07 Å². The number of pyridine rings is 2. The first-order chi connectivity index (χ1) is 27.8. The van der Waals surface area contributed by atoms with E-state index in [0.29, 0.717) is 6.54 Å². The van der Waals surface area contributed by atoms with E-state index in [1.165, 1.54) is 5.69 Å². The van der Waals surface area contributed by atoms with E-state index in [0.717, 1.165) is 50.3 Å². The summed E-state index contributed by atoms with van der Waals surface area (Å²) in [7, 11) is 0. The Balaban J connectivity index is 0.000000539. The summed E-state index contributed by atoms with van der Waals surface area (Å²) < 4.78 is 129. The summed E-state index contributed by atoms with van der Waals surface area (Å²) in [6.45, 7) is 8.10. The lowest BCUT2D eigenvalue weighted by molar-refractivity contribution is -0.193. The van der Waals surface area contributed by atoms with E-state index in [1.54, 1.807) is 12.4 Å². The van der Waals surface area contributed by atoms with Gasteiger partial charge >= 0.3 is 48.6 Å². The smallest absolute Gasteiger partial charge is 0.475 e. The molecule has 2 aliphatic heterocycles. The van der Waals surface area contributed by atoms with Crippen LogP contribution in [-0.2, 0) is 37.1 Å². The van der Waals surface area contributed by atoms with E-state index in [-0.39, 0.29) is 17.9 Å². The molecule has 0 aliphatic carbocycles. The predicted molar refractivity (Wildman–Crippen MR) is 181 cm³/mol. The summed E-state index contributed by atoms with van der Waals surface area (Å²) in [6.07, 6.45) is -11.1. The van der Waals surface area contributed by atoms with Gasteiger partial charge in [0, 0.05) is 75.2 Å². The molecule has 0 unspecified atom stereocenters. The molecule has 5 heterocycles. The monoisotopic (exact) mass is 900 g/mol. The van der Waals surface area contributed by atoms with Gasteiger partial charge in [-0.05, 0) is 62.6 Å². The average molecular weight is 901 g/mol. The van der Waals surface area contributed by atoms with Gasteiger partial charge in [0.1, 0.15) is 0 Å². The third kappa shape index (κ3) is 17.2. The second kappa shape index (κ2) is 22.0. The number of likely N-dealkylation sites (tertiary alicyclic amines) is 2. The third-order valence-electron chi connectivity index (χ3n) is 8.13. The zero-order valence-electron chi connectivity index (χ0n) is 31.4. The molecule has 0 saturated carbocycles. The van der Waals surface area contributed by atoms with E-state index >= 15 is 0 Å². The molecule has 0 aromatic carbocycles. The number of alkyl halides is 12. The van der Waals surface area contributed by atoms with Gasteiger partial charge in [-0.3, -0.25) is 24.3 Å². The number of piperidine rings is 1. The fourth-order valence-electron chi connectivity index (χ4n) is 5.69. The standard InChI is InChI=1S/C26H32N6O.4C2HF3O2/c1-20(2)32-24(9-14-29-32)23-18-30(17-22-6-3-4-11-28-22)19-26(23)10-5-15-31(25(26)33)16-21-7-12-27-13-8-21;4*3-2(4,5)1(6)7/h3-4,6-9,11-14,20,23H,5,10,15-19H2,1-2H3;4*(H,6,7)/t23-,26+;;;;/m0..../s1. The van der Waals surface area contributed by atoms with Crippen molar-refractivity contribution >= 4 is 29.8 Å². The highest BCUT2D eigenvalue weighted by Crippen LogP contribution is 2.50. The predicted octanol–water partition coefficient (Wildman–Crippen LogP) is 6.20. The highest BCUT2D eigenvalue weighted by molar-refractivity contribution is 5.85. The SMILES string of the molecule is CC(C)n1nccc1[C@@H]1CN(Cc2ccccn2)C[C@]12CCCN(Cc1ccncc1)C2=O.O=C(O)C(F)(F)F.O=C(O)C(F)(F)F.O=C(O)C(F)(F)F.O=C(O)C(F)(F)F. The minimum absolute atomic E-state index is 0.110. The van der Waals surface area contributed by atoms with Crippen LogP contribution in [0.4, 0.5) is 52.7 Å². The molecule has 4 N–H and O–H groups in total. The Labute approximate surface area is 336 Å². The van der Waals surface area contributed by atoms with Crippen molar-refractivity contribution in [3.63, 3.8) is 0 Å². The molecule has 2 aliphatic rings. The number of aromatic nitrogens is 4. The number of carbonyl (C=O) groups excluding carboxylic acids is 1. The molecule has 1 amide bonds. The fraction of sp³-hybridized carbons (Fsp3) is 0.471. The first-order valence-electron chi connectivity index (χ1n) is 16.9. The van der Waals surface area contributed by atoms with Crippen molar-refractivity contribution in [1.82, 2.24) is 29.5 Å². The highest BCUT2D eigenvalue weighted by atomic mass is 19.4. The fourth-order valence-corrected chi connectivity index (χ4v) is 5.69. The Bertz CT molecular complexity index is 1800. The molecule has 0 radical (unpaired) electrons. The molecule has 2 atom stereocenters. The van der Waals surface area contributed by atoms with Crippen molar-refractivity contribution in [2.24, 2.45) is 5.41 Å². The molecular weight excluding hydrogens is 864 g/mol. The number of aliphatic carboxylic acids is 4. The number of hydrogen-bond donors (Lipinski definition) is 4. The lowest BCUT2D eigenvalue weighted by Crippen LogP contribution is -2.52. The molecular formula is C34H36F12N6O9. The van der Waals surface area contributed by atoms with Crippen molar-refractivity contribution in [3.8, 4) is 0 Å². The normalized spacial score (nSPS) is 18.0. The maximum Gasteiger partial charge on any atom is 0.490 e. The average Bonchev–Trinajstić information content (AvgIpc) is 3.76. The van der Waals surface area contributed by atoms with E-state index < -0.39 is 54.0 Å². The molecule has 0 bridgehead atoms. The van der Waals surface area contributed by atoms with E-state index in [1.807, 2.05) is 36.7 Å². The lowest BCUT2D eigenvalue weighted by atomic mass is 9.70. The van der Waals surface area contributed by atoms with Crippen LogP contribution >= 0.6 is 0 Å². The number of hydrogen-bond acceptors (Lipinski definition) is 9. The van der Waals surface area contributed by atoms with Crippen molar-refractivity contribution < 1.29 is 97.1 Å². The highest BCUT2D eigenvalue weighted by Gasteiger charge is 2.56. The number of carbonyl (C=O) groups is 5. The van der Waals surface area contributed by atoms with E-state index in [2.05, 4.69) is 55.5 Å². The first kappa shape index (κ1) is 53.0. The van der Waals surface area contributed by atoms with E-state index in [9.17, 15) is 57.5 Å². The lowest BCUT2D eigenvalue weighted by Gasteiger charge is -2.42. The molecule has 15 nitrogen and oxygen atoms in total. The summed E-state index contributed by atoms with van der Waals surface area (Å²) in [4.78, 5) is 62.9. The second-order valence-corrected chi connectivity index (χ2v) is 12.9. The second-order valence-electron chi connectivity index (χ2n) is 12.9. The molecule has 2 saturated heterocycles. The maximum absolute atomic E-state index is 14.2. The molecule has 340 valence electrons. The van der Waals surface area contributed by atoms with Gasteiger partial charge in [0.05, 0.1) is 11.1 Å². The van der Waals surface area contributed by atoms with Crippen LogP contribution in [0.2, 0.25) is 0 Å². The third-order valence-corrected chi connectivity index (χ3v) is 8.13. The molecule has 61 heavy (non-hydrogen) atoms. The molecule has 2 fully saturated rings. The molecule has 1 spiro atoms. The maximum atomic E-state index is 14.2. The quantitative estimate of drug-likeness (QED) is 0.203. The van der Waals surface area contributed by atoms with Crippen LogP contribution in [-0.4, -0.2) is 124 Å². The van der Waals surface area contributed by atoms with Gasteiger partial charge in [0.2, 0.25) is 5.91 Å². The van der Waals surface area contributed by atoms with Gasteiger partial charge in [-0.2, -0.15) is 57.8 Å². The molecule has 3 aromatic heterocycles. The van der Waals surface area contributed by atoms with Gasteiger partial charge < -0.3 is 25.3 Å². The summed E-state index contributed by atoms with van der Waals surface area (Å²) >= 11 is 0. The summed E-state index contributed by atoms with van der Waals surface area (Å²) in [6, 6.07) is 12.4. The first-order valence-corrected chi connectivity index (χ1v) is 16.9. The Morgan fingerprint density at radius 3 is 1.61 bits per heavy atom. The van der Waals surface area contributed by atoms with E-state index in [4.69, 9.17) is 39.6 Å². The number of rotatable bonds is 6. The van der Waals surface area contributed by atoms with Crippen LogP contribution in [0, 0.1) is 5.41 Å². The molecule has 27 heteroatoms. The minimum atomic E-state index is -5.08. The topological polar surface area (TPSA) is 216 Å². The summed E-state index contributed by atoms with van der Waals surface area (Å²) in [5.74, 6) is -10.6. The Hall–Kier alpha value is -6.02. The Morgan fingerprint density at radius 2 is 1.20 bits per heavy atom. The summed E-state index contributed by atoms with van der Waals surface area (Å²) in [5.41, 5.74) is 2.91.